The van der Waals surface area contributed by atoms with Crippen molar-refractivity contribution in [2.24, 2.45) is 5.92 Å². The highest BCUT2D eigenvalue weighted by molar-refractivity contribution is 5.80. The van der Waals surface area contributed by atoms with Crippen LogP contribution in [0.25, 0.3) is 0 Å². The predicted octanol–water partition coefficient (Wildman–Crippen LogP) is 2.21. The molecule has 0 bridgehead atoms. The number of carbonyl (C=O) groups excluding carboxylic acids is 1. The van der Waals surface area contributed by atoms with Gasteiger partial charge in [0, 0.05) is 17.8 Å². The van der Waals surface area contributed by atoms with E-state index in [4.69, 9.17) is 9.47 Å². The van der Waals surface area contributed by atoms with Gasteiger partial charge in [-0.3, -0.25) is 10.1 Å². The number of benzene rings is 1. The Morgan fingerprint density at radius 3 is 2.40 bits per heavy atom. The molecule has 7 nitrogen and oxygen atoms in total. The number of hydrogen-bond donors (Lipinski definition) is 1. The molecule has 0 heterocycles. The van der Waals surface area contributed by atoms with Crippen molar-refractivity contribution in [1.82, 2.24) is 0 Å². The largest absolute Gasteiger partial charge is 0.496 e. The fraction of sp³-hybridized carbons (Fsp3) is 0.462. The zero-order chi connectivity index (χ0) is 15.3. The number of ether oxygens (including phenoxy) is 2. The number of carbonyl (C=O) groups is 1. The van der Waals surface area contributed by atoms with E-state index in [-0.39, 0.29) is 11.6 Å². The molecular weight excluding hydrogens is 264 g/mol. The molecule has 0 saturated carbocycles. The number of anilines is 1. The molecule has 1 rings (SSSR count). The van der Waals surface area contributed by atoms with E-state index in [9.17, 15) is 14.9 Å². The Bertz CT molecular complexity index is 502. The van der Waals surface area contributed by atoms with Crippen LogP contribution in [0.4, 0.5) is 11.4 Å². The molecular formula is C13H18N2O5. The first-order chi connectivity index (χ1) is 9.38. The lowest BCUT2D eigenvalue weighted by molar-refractivity contribution is -0.384. The first-order valence-electron chi connectivity index (χ1n) is 6.07. The van der Waals surface area contributed by atoms with Crippen molar-refractivity contribution >= 4 is 17.3 Å². The second-order valence-corrected chi connectivity index (χ2v) is 4.57. The van der Waals surface area contributed by atoms with Crippen LogP contribution in [0.15, 0.2) is 18.2 Å². The molecule has 0 amide bonds. The molecule has 7 heteroatoms. The molecule has 1 aromatic rings. The zero-order valence-corrected chi connectivity index (χ0v) is 11.9. The fourth-order valence-electron chi connectivity index (χ4n) is 1.69. The summed E-state index contributed by atoms with van der Waals surface area (Å²) < 4.78 is 9.73. The first-order valence-corrected chi connectivity index (χ1v) is 6.07. The van der Waals surface area contributed by atoms with E-state index in [0.717, 1.165) is 0 Å². The third-order valence-electron chi connectivity index (χ3n) is 2.78. The SMILES string of the molecule is COC(=O)C(Nc1cc(OC)cc([N+](=O)[O-])c1)C(C)C. The number of nitro benzene ring substituents is 1. The van der Waals surface area contributed by atoms with Gasteiger partial charge >= 0.3 is 5.97 Å². The van der Waals surface area contributed by atoms with Crippen molar-refractivity contribution < 1.29 is 19.2 Å². The first kappa shape index (κ1) is 15.7. The molecule has 1 aromatic carbocycles. The number of rotatable bonds is 6. The maximum absolute atomic E-state index is 11.7. The minimum Gasteiger partial charge on any atom is -0.496 e. The Labute approximate surface area is 117 Å². The third-order valence-corrected chi connectivity index (χ3v) is 2.78. The van der Waals surface area contributed by atoms with Crippen molar-refractivity contribution in [2.45, 2.75) is 19.9 Å². The van der Waals surface area contributed by atoms with Crippen LogP contribution in [-0.2, 0) is 9.53 Å². The molecule has 0 aromatic heterocycles. The summed E-state index contributed by atoms with van der Waals surface area (Å²) in [5.41, 5.74) is 0.319. The van der Waals surface area contributed by atoms with Crippen LogP contribution in [-0.4, -0.2) is 31.2 Å². The minimum absolute atomic E-state index is 0.0345. The second-order valence-electron chi connectivity index (χ2n) is 4.57. The van der Waals surface area contributed by atoms with Crippen molar-refractivity contribution in [3.05, 3.63) is 28.3 Å². The van der Waals surface area contributed by atoms with E-state index in [1.54, 1.807) is 6.07 Å². The summed E-state index contributed by atoms with van der Waals surface area (Å²) in [7, 11) is 2.72. The van der Waals surface area contributed by atoms with Gasteiger partial charge in [0.25, 0.3) is 5.69 Å². The van der Waals surface area contributed by atoms with E-state index < -0.39 is 16.9 Å². The zero-order valence-electron chi connectivity index (χ0n) is 11.9. The van der Waals surface area contributed by atoms with Gasteiger partial charge in [0.05, 0.1) is 25.2 Å². The number of methoxy groups -OCH3 is 2. The van der Waals surface area contributed by atoms with Crippen LogP contribution >= 0.6 is 0 Å². The average molecular weight is 282 g/mol. The number of non-ortho nitro benzene ring substituents is 1. The number of esters is 1. The molecule has 0 spiro atoms. The van der Waals surface area contributed by atoms with E-state index in [1.807, 2.05) is 13.8 Å². The number of nitrogens with zero attached hydrogens (tertiary/aromatic N) is 1. The summed E-state index contributed by atoms with van der Waals surface area (Å²) in [6.45, 7) is 3.70. The molecule has 0 aliphatic carbocycles. The van der Waals surface area contributed by atoms with Crippen molar-refractivity contribution in [1.29, 1.82) is 0 Å². The Hall–Kier alpha value is -2.31. The Morgan fingerprint density at radius 1 is 1.30 bits per heavy atom. The monoisotopic (exact) mass is 282 g/mol. The minimum atomic E-state index is -0.591. The lowest BCUT2D eigenvalue weighted by Gasteiger charge is -2.21. The van der Waals surface area contributed by atoms with Gasteiger partial charge in [-0.1, -0.05) is 13.8 Å². The van der Waals surface area contributed by atoms with Gasteiger partial charge in [-0.15, -0.1) is 0 Å². The second kappa shape index (κ2) is 6.74. The standard InChI is InChI=1S/C13H18N2O5/c1-8(2)12(13(16)20-4)14-9-5-10(15(17)18)7-11(6-9)19-3/h5-8,12,14H,1-4H3. The van der Waals surface area contributed by atoms with Crippen LogP contribution in [0.1, 0.15) is 13.8 Å². The topological polar surface area (TPSA) is 90.7 Å². The van der Waals surface area contributed by atoms with E-state index in [2.05, 4.69) is 5.32 Å². The summed E-state index contributed by atoms with van der Waals surface area (Å²) in [5.74, 6) is -0.118. The summed E-state index contributed by atoms with van der Waals surface area (Å²) in [4.78, 5) is 22.0. The molecule has 0 saturated heterocycles. The molecule has 1 N–H and O–H groups in total. The summed E-state index contributed by atoms with van der Waals surface area (Å²) >= 11 is 0. The van der Waals surface area contributed by atoms with Crippen LogP contribution in [0.3, 0.4) is 0 Å². The van der Waals surface area contributed by atoms with Crippen LogP contribution in [0, 0.1) is 16.0 Å². The Morgan fingerprint density at radius 2 is 1.95 bits per heavy atom. The van der Waals surface area contributed by atoms with E-state index >= 15 is 0 Å². The van der Waals surface area contributed by atoms with Gasteiger partial charge in [-0.2, -0.15) is 0 Å². The normalized spacial score (nSPS) is 11.8. The Balaban J connectivity index is 3.08. The maximum Gasteiger partial charge on any atom is 0.328 e. The predicted molar refractivity (Wildman–Crippen MR) is 73.9 cm³/mol. The molecule has 20 heavy (non-hydrogen) atoms. The van der Waals surface area contributed by atoms with Crippen LogP contribution in [0.2, 0.25) is 0 Å². The molecule has 0 aliphatic heterocycles. The van der Waals surface area contributed by atoms with E-state index in [1.165, 1.54) is 26.4 Å². The number of hydrogen-bond acceptors (Lipinski definition) is 6. The van der Waals surface area contributed by atoms with Crippen LogP contribution in [0.5, 0.6) is 5.75 Å². The highest BCUT2D eigenvalue weighted by Gasteiger charge is 2.23. The summed E-state index contributed by atoms with van der Waals surface area (Å²) in [5, 5.41) is 13.8. The van der Waals surface area contributed by atoms with Gasteiger partial charge in [-0.25, -0.2) is 4.79 Å². The Kier molecular flexibility index (Phi) is 5.31. The van der Waals surface area contributed by atoms with Gasteiger partial charge in [0.1, 0.15) is 11.8 Å². The maximum atomic E-state index is 11.7. The summed E-state index contributed by atoms with van der Waals surface area (Å²) in [6, 6.07) is 3.66. The van der Waals surface area contributed by atoms with Gasteiger partial charge < -0.3 is 14.8 Å². The third kappa shape index (κ3) is 3.84. The van der Waals surface area contributed by atoms with Crippen molar-refractivity contribution in [3.8, 4) is 5.75 Å². The fourth-order valence-corrected chi connectivity index (χ4v) is 1.69. The van der Waals surface area contributed by atoms with Gasteiger partial charge in [0.2, 0.25) is 0 Å². The smallest absolute Gasteiger partial charge is 0.328 e. The van der Waals surface area contributed by atoms with Crippen LogP contribution < -0.4 is 10.1 Å². The molecule has 0 radical (unpaired) electrons. The number of nitro groups is 1. The van der Waals surface area contributed by atoms with Crippen molar-refractivity contribution in [3.63, 3.8) is 0 Å². The molecule has 1 atom stereocenters. The molecule has 0 fully saturated rings. The average Bonchev–Trinajstić information content (AvgIpc) is 2.43. The molecule has 1 unspecified atom stereocenters. The van der Waals surface area contributed by atoms with E-state index in [0.29, 0.717) is 11.4 Å². The van der Waals surface area contributed by atoms with Gasteiger partial charge in [0.15, 0.2) is 0 Å². The highest BCUT2D eigenvalue weighted by Crippen LogP contribution is 2.27. The number of nitrogens with one attached hydrogen (secondary N) is 1. The summed E-state index contributed by atoms with van der Waals surface area (Å²) in [6.07, 6.45) is 0. The molecule has 110 valence electrons. The highest BCUT2D eigenvalue weighted by atomic mass is 16.6. The quantitative estimate of drug-likeness (QED) is 0.488. The lowest BCUT2D eigenvalue weighted by Crippen LogP contribution is -2.35. The lowest BCUT2D eigenvalue weighted by atomic mass is 10.0. The van der Waals surface area contributed by atoms with Gasteiger partial charge in [-0.05, 0) is 5.92 Å². The van der Waals surface area contributed by atoms with Crippen molar-refractivity contribution in [2.75, 3.05) is 19.5 Å². The molecule has 0 aliphatic rings.